The lowest BCUT2D eigenvalue weighted by Crippen LogP contribution is -2.43. The molecule has 4 rings (SSSR count). The van der Waals surface area contributed by atoms with Gasteiger partial charge in [0.1, 0.15) is 5.82 Å². The maximum atomic E-state index is 13.1. The lowest BCUT2D eigenvalue weighted by Gasteiger charge is -2.31. The van der Waals surface area contributed by atoms with Gasteiger partial charge < -0.3 is 10.6 Å². The number of rotatable bonds is 7. The summed E-state index contributed by atoms with van der Waals surface area (Å²) in [6.07, 6.45) is 2.74. The summed E-state index contributed by atoms with van der Waals surface area (Å²) < 4.78 is 40.0. The number of anilines is 1. The Morgan fingerprint density at radius 3 is 2.06 bits per heavy atom. The Kier molecular flexibility index (Phi) is 6.81. The van der Waals surface area contributed by atoms with Crippen molar-refractivity contribution in [3.63, 3.8) is 0 Å². The van der Waals surface area contributed by atoms with Crippen LogP contribution in [0.4, 0.5) is 10.1 Å². The van der Waals surface area contributed by atoms with Crippen molar-refractivity contribution in [2.45, 2.75) is 43.5 Å². The van der Waals surface area contributed by atoms with E-state index in [0.29, 0.717) is 12.8 Å². The third-order valence-corrected chi connectivity index (χ3v) is 8.17. The molecule has 1 saturated heterocycles. The van der Waals surface area contributed by atoms with Gasteiger partial charge in [-0.2, -0.15) is 4.31 Å². The molecule has 9 heteroatoms. The van der Waals surface area contributed by atoms with Crippen molar-refractivity contribution in [2.75, 3.05) is 18.4 Å². The van der Waals surface area contributed by atoms with Crippen LogP contribution in [0.1, 0.15) is 44.2 Å². The third kappa shape index (κ3) is 5.59. The highest BCUT2D eigenvalue weighted by Crippen LogP contribution is 2.30. The highest BCUT2D eigenvalue weighted by molar-refractivity contribution is 7.89. The second-order valence-electron chi connectivity index (χ2n) is 8.75. The molecule has 2 fully saturated rings. The van der Waals surface area contributed by atoms with Crippen LogP contribution in [0.3, 0.4) is 0 Å². The van der Waals surface area contributed by atoms with E-state index in [1.165, 1.54) is 16.4 Å². The molecule has 1 saturated carbocycles. The maximum Gasteiger partial charge on any atom is 0.243 e. The molecule has 176 valence electrons. The molecule has 0 spiro atoms. The molecule has 1 atom stereocenters. The summed E-state index contributed by atoms with van der Waals surface area (Å²) in [7, 11) is -3.70. The molecule has 33 heavy (non-hydrogen) atoms. The number of hydrogen-bond donors (Lipinski definition) is 2. The molecule has 0 aromatic heterocycles. The van der Waals surface area contributed by atoms with E-state index in [2.05, 4.69) is 10.6 Å². The fraction of sp³-hybridized carbons (Fsp3) is 0.417. The van der Waals surface area contributed by atoms with Crippen LogP contribution in [-0.2, 0) is 19.6 Å². The summed E-state index contributed by atoms with van der Waals surface area (Å²) in [4.78, 5) is 24.7. The maximum absolute atomic E-state index is 13.1. The van der Waals surface area contributed by atoms with Crippen molar-refractivity contribution in [3.8, 4) is 0 Å². The summed E-state index contributed by atoms with van der Waals surface area (Å²) in [5, 5.41) is 5.90. The molecule has 2 N–H and O–H groups in total. The average Bonchev–Trinajstić information content (AvgIpc) is 3.65. The Morgan fingerprint density at radius 1 is 0.909 bits per heavy atom. The summed E-state index contributed by atoms with van der Waals surface area (Å²) in [6, 6.07) is 12.0. The number of hydrogen-bond acceptors (Lipinski definition) is 4. The van der Waals surface area contributed by atoms with E-state index in [-0.39, 0.29) is 47.7 Å². The summed E-state index contributed by atoms with van der Waals surface area (Å²) in [5.74, 6) is -0.676. The smallest absolute Gasteiger partial charge is 0.243 e. The zero-order valence-corrected chi connectivity index (χ0v) is 19.3. The van der Waals surface area contributed by atoms with Gasteiger partial charge in [-0.1, -0.05) is 12.1 Å². The highest BCUT2D eigenvalue weighted by atomic mass is 32.2. The molecule has 2 amide bonds. The highest BCUT2D eigenvalue weighted by Gasteiger charge is 2.32. The molecular weight excluding hydrogens is 445 g/mol. The fourth-order valence-electron chi connectivity index (χ4n) is 3.97. The van der Waals surface area contributed by atoms with Crippen molar-refractivity contribution < 1.29 is 22.4 Å². The topological polar surface area (TPSA) is 95.6 Å². The molecule has 0 bridgehead atoms. The average molecular weight is 474 g/mol. The van der Waals surface area contributed by atoms with Crippen molar-refractivity contribution >= 4 is 27.5 Å². The Bertz CT molecular complexity index is 1110. The second kappa shape index (κ2) is 9.61. The molecule has 1 heterocycles. The summed E-state index contributed by atoms with van der Waals surface area (Å²) in [5.41, 5.74) is 1.66. The summed E-state index contributed by atoms with van der Waals surface area (Å²) >= 11 is 0. The number of piperidine rings is 1. The van der Waals surface area contributed by atoms with E-state index in [9.17, 15) is 22.4 Å². The zero-order valence-electron chi connectivity index (χ0n) is 18.5. The fourth-order valence-corrected chi connectivity index (χ4v) is 5.44. The Morgan fingerprint density at radius 2 is 1.48 bits per heavy atom. The number of nitrogens with one attached hydrogen (secondary N) is 2. The van der Waals surface area contributed by atoms with Crippen LogP contribution in [0.2, 0.25) is 0 Å². The first-order chi connectivity index (χ1) is 15.7. The molecule has 2 aromatic carbocycles. The van der Waals surface area contributed by atoms with Crippen LogP contribution in [0.15, 0.2) is 53.4 Å². The van der Waals surface area contributed by atoms with Crippen LogP contribution < -0.4 is 10.6 Å². The zero-order chi connectivity index (χ0) is 23.6. The van der Waals surface area contributed by atoms with Gasteiger partial charge in [-0.3, -0.25) is 9.59 Å². The molecule has 7 nitrogen and oxygen atoms in total. The predicted octanol–water partition coefficient (Wildman–Crippen LogP) is 3.45. The number of carbonyl (C=O) groups excluding carboxylic acids is 2. The van der Waals surface area contributed by atoms with Crippen LogP contribution in [0.5, 0.6) is 0 Å². The first kappa shape index (κ1) is 23.4. The van der Waals surface area contributed by atoms with Gasteiger partial charge in [0.2, 0.25) is 21.8 Å². The minimum atomic E-state index is -3.70. The molecule has 1 aliphatic carbocycles. The number of halogens is 1. The largest absolute Gasteiger partial charge is 0.349 e. The minimum absolute atomic E-state index is 0.0527. The van der Waals surface area contributed by atoms with Crippen molar-refractivity contribution in [2.24, 2.45) is 11.8 Å². The summed E-state index contributed by atoms with van der Waals surface area (Å²) in [6.45, 7) is 2.37. The van der Waals surface area contributed by atoms with Gasteiger partial charge in [0, 0.05) is 30.6 Å². The van der Waals surface area contributed by atoms with Crippen LogP contribution in [0.25, 0.3) is 0 Å². The van der Waals surface area contributed by atoms with Crippen molar-refractivity contribution in [3.05, 3.63) is 59.9 Å². The Labute approximate surface area is 193 Å². The molecule has 1 aliphatic heterocycles. The number of benzene rings is 2. The number of sulfonamides is 1. The van der Waals surface area contributed by atoms with Gasteiger partial charge in [0.25, 0.3) is 0 Å². The van der Waals surface area contributed by atoms with Crippen LogP contribution in [-0.4, -0.2) is 37.6 Å². The lowest BCUT2D eigenvalue weighted by atomic mass is 9.96. The van der Waals surface area contributed by atoms with E-state index < -0.39 is 15.8 Å². The molecule has 2 aromatic rings. The monoisotopic (exact) mass is 473 g/mol. The van der Waals surface area contributed by atoms with E-state index in [1.807, 2.05) is 31.2 Å². The Hall–Kier alpha value is -2.78. The standard InChI is InChI=1S/C24H28FN3O4S/c1-16(17-4-8-21(9-5-17)27-24(30)18-2-3-18)26-23(29)19-12-14-28(15-13-19)33(31,32)22-10-6-20(25)7-11-22/h4-11,16,18-19H,2-3,12-15H2,1H3,(H,26,29)(H,27,30). The SMILES string of the molecule is CC(NC(=O)C1CCN(S(=O)(=O)c2ccc(F)cc2)CC1)c1ccc(NC(=O)C2CC2)cc1. The quantitative estimate of drug-likeness (QED) is 0.644. The van der Waals surface area contributed by atoms with Crippen LogP contribution in [0, 0.1) is 17.7 Å². The number of carbonyl (C=O) groups is 2. The van der Waals surface area contributed by atoms with Gasteiger partial charge in [0.15, 0.2) is 0 Å². The first-order valence-electron chi connectivity index (χ1n) is 11.2. The normalized spacial score (nSPS) is 18.5. The van der Waals surface area contributed by atoms with E-state index in [4.69, 9.17) is 0 Å². The van der Waals surface area contributed by atoms with E-state index in [0.717, 1.165) is 36.2 Å². The molecular formula is C24H28FN3O4S. The number of amides is 2. The van der Waals surface area contributed by atoms with E-state index >= 15 is 0 Å². The van der Waals surface area contributed by atoms with E-state index in [1.54, 1.807) is 0 Å². The molecule has 2 aliphatic rings. The first-order valence-corrected chi connectivity index (χ1v) is 12.6. The van der Waals surface area contributed by atoms with Crippen molar-refractivity contribution in [1.82, 2.24) is 9.62 Å². The van der Waals surface area contributed by atoms with Crippen molar-refractivity contribution in [1.29, 1.82) is 0 Å². The Balaban J connectivity index is 1.28. The van der Waals surface area contributed by atoms with Gasteiger partial charge in [0.05, 0.1) is 10.9 Å². The second-order valence-corrected chi connectivity index (χ2v) is 10.7. The lowest BCUT2D eigenvalue weighted by molar-refractivity contribution is -0.126. The van der Waals surface area contributed by atoms with Gasteiger partial charge in [-0.25, -0.2) is 12.8 Å². The van der Waals surface area contributed by atoms with Gasteiger partial charge >= 0.3 is 0 Å². The predicted molar refractivity (Wildman–Crippen MR) is 122 cm³/mol. The van der Waals surface area contributed by atoms with Gasteiger partial charge in [-0.05, 0) is 74.6 Å². The minimum Gasteiger partial charge on any atom is -0.349 e. The third-order valence-electron chi connectivity index (χ3n) is 6.26. The van der Waals surface area contributed by atoms with Crippen LogP contribution >= 0.6 is 0 Å². The molecule has 1 unspecified atom stereocenters. The molecule has 0 radical (unpaired) electrons. The number of nitrogens with zero attached hydrogens (tertiary/aromatic N) is 1. The van der Waals surface area contributed by atoms with Gasteiger partial charge in [-0.15, -0.1) is 0 Å².